The van der Waals surface area contributed by atoms with Crippen LogP contribution in [0.3, 0.4) is 0 Å². The van der Waals surface area contributed by atoms with Gasteiger partial charge in [0.2, 0.25) is 0 Å². The molecule has 1 unspecified atom stereocenters. The molecule has 1 aliphatic rings. The van der Waals surface area contributed by atoms with Crippen LogP contribution in [0, 0.1) is 0 Å². The van der Waals surface area contributed by atoms with Crippen LogP contribution in [0.5, 0.6) is 11.5 Å². The van der Waals surface area contributed by atoms with Crippen molar-refractivity contribution in [2.75, 3.05) is 27.7 Å². The van der Waals surface area contributed by atoms with Gasteiger partial charge in [-0.3, -0.25) is 9.89 Å². The average molecular weight is 498 g/mol. The Hall–Kier alpha value is -1.36. The van der Waals surface area contributed by atoms with Crippen LogP contribution in [0.4, 0.5) is 8.78 Å². The maximum Gasteiger partial charge on any atom is 0.387 e. The van der Waals surface area contributed by atoms with E-state index in [9.17, 15) is 8.78 Å². The minimum Gasteiger partial charge on any atom is -0.497 e. The Morgan fingerprint density at radius 3 is 2.59 bits per heavy atom. The lowest BCUT2D eigenvalue weighted by Gasteiger charge is -2.25. The maximum atomic E-state index is 12.6. The monoisotopic (exact) mass is 498 g/mol. The molecule has 1 fully saturated rings. The largest absolute Gasteiger partial charge is 0.497 e. The number of alkyl halides is 2. The van der Waals surface area contributed by atoms with Crippen molar-refractivity contribution >= 4 is 29.9 Å². The summed E-state index contributed by atoms with van der Waals surface area (Å²) in [6.07, 6.45) is 2.52. The molecule has 1 aromatic carbocycles. The second-order valence-corrected chi connectivity index (χ2v) is 6.40. The van der Waals surface area contributed by atoms with E-state index in [1.807, 2.05) is 0 Å². The van der Waals surface area contributed by atoms with Gasteiger partial charge in [0.05, 0.1) is 7.11 Å². The van der Waals surface area contributed by atoms with Crippen LogP contribution in [0.15, 0.2) is 23.2 Å². The minimum absolute atomic E-state index is 0. The number of hydrogen-bond acceptors (Lipinski definition) is 4. The maximum absolute atomic E-state index is 12.6. The standard InChI is InChI=1S/C18H28F2N4O2.HI/c1-12(24(3)14-5-6-14)10-22-18(21-2)23-11-13-9-15(25-4)7-8-16(13)26-17(19)20;/h7-9,12,14,17H,5-6,10-11H2,1-4H3,(H2,21,22,23);1H. The molecule has 0 radical (unpaired) electrons. The Balaban J connectivity index is 0.00000364. The molecule has 0 saturated heterocycles. The predicted octanol–water partition coefficient (Wildman–Crippen LogP) is 3.06. The summed E-state index contributed by atoms with van der Waals surface area (Å²) in [7, 11) is 5.33. The highest BCUT2D eigenvalue weighted by molar-refractivity contribution is 14.0. The molecule has 0 bridgehead atoms. The summed E-state index contributed by atoms with van der Waals surface area (Å²) in [5, 5.41) is 6.40. The highest BCUT2D eigenvalue weighted by atomic mass is 127. The lowest BCUT2D eigenvalue weighted by Crippen LogP contribution is -2.45. The molecule has 2 N–H and O–H groups in total. The summed E-state index contributed by atoms with van der Waals surface area (Å²) in [6.45, 7) is 0.310. The number of methoxy groups -OCH3 is 1. The molecule has 0 heterocycles. The number of rotatable bonds is 9. The van der Waals surface area contributed by atoms with E-state index in [4.69, 9.17) is 4.74 Å². The average Bonchev–Trinajstić information content (AvgIpc) is 3.46. The first-order valence-corrected chi connectivity index (χ1v) is 8.72. The van der Waals surface area contributed by atoms with Gasteiger partial charge >= 0.3 is 6.61 Å². The normalized spacial score (nSPS) is 15.3. The lowest BCUT2D eigenvalue weighted by molar-refractivity contribution is -0.0504. The first-order chi connectivity index (χ1) is 12.4. The van der Waals surface area contributed by atoms with Gasteiger partial charge in [-0.05, 0) is 45.0 Å². The van der Waals surface area contributed by atoms with Crippen LogP contribution in [0.1, 0.15) is 25.3 Å². The van der Waals surface area contributed by atoms with Crippen LogP contribution >= 0.6 is 24.0 Å². The highest BCUT2D eigenvalue weighted by Gasteiger charge is 2.28. The predicted molar refractivity (Wildman–Crippen MR) is 113 cm³/mol. The number of nitrogens with one attached hydrogen (secondary N) is 2. The van der Waals surface area contributed by atoms with Crippen LogP contribution < -0.4 is 20.1 Å². The van der Waals surface area contributed by atoms with Gasteiger partial charge in [-0.25, -0.2) is 0 Å². The molecule has 1 aromatic rings. The Morgan fingerprint density at radius 2 is 2.04 bits per heavy atom. The Bertz CT molecular complexity index is 615. The van der Waals surface area contributed by atoms with Crippen LogP contribution in [-0.4, -0.2) is 57.3 Å². The fraction of sp³-hybridized carbons (Fsp3) is 0.611. The summed E-state index contributed by atoms with van der Waals surface area (Å²) in [4.78, 5) is 6.54. The number of ether oxygens (including phenoxy) is 2. The highest BCUT2D eigenvalue weighted by Crippen LogP contribution is 2.27. The Morgan fingerprint density at radius 1 is 1.33 bits per heavy atom. The molecule has 0 aliphatic heterocycles. The molecule has 1 aliphatic carbocycles. The number of likely N-dealkylation sites (N-methyl/N-ethyl adjacent to an activating group) is 1. The fourth-order valence-electron chi connectivity index (χ4n) is 2.66. The Labute approximate surface area is 176 Å². The topological polar surface area (TPSA) is 58.1 Å². The zero-order valence-electron chi connectivity index (χ0n) is 16.2. The zero-order chi connectivity index (χ0) is 19.1. The van der Waals surface area contributed by atoms with Crippen molar-refractivity contribution in [3.8, 4) is 11.5 Å². The summed E-state index contributed by atoms with van der Waals surface area (Å²) < 4.78 is 34.9. The number of nitrogens with zero attached hydrogens (tertiary/aromatic N) is 2. The van der Waals surface area contributed by atoms with Crippen LogP contribution in [0.25, 0.3) is 0 Å². The van der Waals surface area contributed by atoms with E-state index in [-0.39, 0.29) is 36.3 Å². The van der Waals surface area contributed by atoms with Crippen molar-refractivity contribution in [3.63, 3.8) is 0 Å². The summed E-state index contributed by atoms with van der Waals surface area (Å²) >= 11 is 0. The molecular formula is C18H29F2IN4O2. The van der Waals surface area contributed by atoms with Gasteiger partial charge in [0.1, 0.15) is 11.5 Å². The quantitative estimate of drug-likeness (QED) is 0.312. The van der Waals surface area contributed by atoms with E-state index in [1.165, 1.54) is 26.0 Å². The third kappa shape index (κ3) is 7.65. The van der Waals surface area contributed by atoms with E-state index in [1.54, 1.807) is 19.2 Å². The molecule has 6 nitrogen and oxygen atoms in total. The molecule has 0 amide bonds. The van der Waals surface area contributed by atoms with Gasteiger partial charge in [0.15, 0.2) is 5.96 Å². The van der Waals surface area contributed by atoms with Crippen molar-refractivity contribution in [3.05, 3.63) is 23.8 Å². The van der Waals surface area contributed by atoms with Crippen molar-refractivity contribution in [2.45, 2.75) is 45.0 Å². The van der Waals surface area contributed by atoms with Gasteiger partial charge in [-0.1, -0.05) is 0 Å². The minimum atomic E-state index is -2.88. The number of hydrogen-bond donors (Lipinski definition) is 2. The molecule has 1 saturated carbocycles. The second-order valence-electron chi connectivity index (χ2n) is 6.40. The van der Waals surface area contributed by atoms with Gasteiger partial charge < -0.3 is 20.1 Å². The summed E-state index contributed by atoms with van der Waals surface area (Å²) in [5.74, 6) is 1.29. The van der Waals surface area contributed by atoms with Crippen molar-refractivity contribution < 1.29 is 18.3 Å². The third-order valence-corrected chi connectivity index (χ3v) is 4.54. The van der Waals surface area contributed by atoms with E-state index in [0.717, 1.165) is 6.54 Å². The molecule has 0 spiro atoms. The van der Waals surface area contributed by atoms with Gasteiger partial charge in [-0.15, -0.1) is 24.0 Å². The second kappa shape index (κ2) is 11.5. The molecular weight excluding hydrogens is 469 g/mol. The van der Waals surface area contributed by atoms with Crippen molar-refractivity contribution in [1.29, 1.82) is 0 Å². The van der Waals surface area contributed by atoms with Gasteiger partial charge in [-0.2, -0.15) is 8.78 Å². The lowest BCUT2D eigenvalue weighted by atomic mass is 10.2. The van der Waals surface area contributed by atoms with E-state index >= 15 is 0 Å². The third-order valence-electron chi connectivity index (χ3n) is 4.54. The van der Waals surface area contributed by atoms with Crippen LogP contribution in [-0.2, 0) is 6.54 Å². The number of benzene rings is 1. The number of halogens is 3. The molecule has 0 aromatic heterocycles. The molecule has 154 valence electrons. The van der Waals surface area contributed by atoms with Crippen molar-refractivity contribution in [2.24, 2.45) is 4.99 Å². The summed E-state index contributed by atoms with van der Waals surface area (Å²) in [5.41, 5.74) is 0.566. The SMILES string of the molecule is CN=C(NCc1cc(OC)ccc1OC(F)F)NCC(C)N(C)C1CC1.I. The molecule has 27 heavy (non-hydrogen) atoms. The molecule has 9 heteroatoms. The number of aliphatic imine (C=N–C) groups is 1. The molecule has 2 rings (SSSR count). The van der Waals surface area contributed by atoms with Crippen molar-refractivity contribution in [1.82, 2.24) is 15.5 Å². The summed E-state index contributed by atoms with van der Waals surface area (Å²) in [6, 6.07) is 5.79. The number of guanidine groups is 1. The van der Waals surface area contributed by atoms with E-state index in [0.29, 0.717) is 29.4 Å². The smallest absolute Gasteiger partial charge is 0.387 e. The van der Waals surface area contributed by atoms with E-state index in [2.05, 4.69) is 39.2 Å². The van der Waals surface area contributed by atoms with Crippen LogP contribution in [0.2, 0.25) is 0 Å². The molecule has 1 atom stereocenters. The Kier molecular flexibility index (Phi) is 10.1. The van der Waals surface area contributed by atoms with Gasteiger partial charge in [0.25, 0.3) is 0 Å². The van der Waals surface area contributed by atoms with Gasteiger partial charge in [0, 0.05) is 37.8 Å². The zero-order valence-corrected chi connectivity index (χ0v) is 18.5. The fourth-order valence-corrected chi connectivity index (χ4v) is 2.66. The first-order valence-electron chi connectivity index (χ1n) is 8.72. The van der Waals surface area contributed by atoms with E-state index < -0.39 is 6.61 Å². The first kappa shape index (κ1) is 23.7.